The van der Waals surface area contributed by atoms with Crippen molar-refractivity contribution in [1.82, 2.24) is 20.5 Å². The van der Waals surface area contributed by atoms with Gasteiger partial charge in [0.05, 0.1) is 26.3 Å². The molecular weight excluding hydrogens is 632 g/mol. The van der Waals surface area contributed by atoms with E-state index in [0.717, 1.165) is 50.5 Å². The van der Waals surface area contributed by atoms with Crippen molar-refractivity contribution in [1.29, 1.82) is 0 Å². The molecule has 2 aromatic rings. The van der Waals surface area contributed by atoms with Gasteiger partial charge < -0.3 is 39.6 Å². The number of benzene rings is 1. The number of aryl methyl sites for hydroxylation is 1. The molecule has 4 aliphatic rings. The fourth-order valence-electron chi connectivity index (χ4n) is 7.46. The van der Waals surface area contributed by atoms with Crippen LogP contribution in [-0.2, 0) is 19.1 Å². The number of nitrogens with one attached hydrogen (secondary N) is 2. The molecule has 6 rings (SSSR count). The zero-order valence-electron chi connectivity index (χ0n) is 28.4. The van der Waals surface area contributed by atoms with Crippen LogP contribution in [0.2, 0.25) is 0 Å². The van der Waals surface area contributed by atoms with Crippen LogP contribution in [-0.4, -0.2) is 89.5 Å². The van der Waals surface area contributed by atoms with Gasteiger partial charge in [0.1, 0.15) is 35.3 Å². The van der Waals surface area contributed by atoms with Gasteiger partial charge in [0.2, 0.25) is 17.7 Å². The van der Waals surface area contributed by atoms with Crippen molar-refractivity contribution in [2.75, 3.05) is 20.8 Å². The van der Waals surface area contributed by atoms with Crippen molar-refractivity contribution in [2.24, 2.45) is 5.92 Å². The number of fused-ring (bicyclic) bond motifs is 3. The second-order valence-electron chi connectivity index (χ2n) is 13.6. The molecule has 13 nitrogen and oxygen atoms in total. The monoisotopic (exact) mass is 678 g/mol. The first-order valence-corrected chi connectivity index (χ1v) is 17.3. The average molecular weight is 679 g/mol. The summed E-state index contributed by atoms with van der Waals surface area (Å²) in [7, 11) is 3.09. The Morgan fingerprint density at radius 3 is 2.55 bits per heavy atom. The minimum absolute atomic E-state index is 0.0379. The molecule has 3 fully saturated rings. The summed E-state index contributed by atoms with van der Waals surface area (Å²) in [6.45, 7) is 1.97. The number of rotatable bonds is 7. The highest BCUT2D eigenvalue weighted by molar-refractivity contribution is 5.95. The van der Waals surface area contributed by atoms with E-state index in [4.69, 9.17) is 18.9 Å². The van der Waals surface area contributed by atoms with Crippen molar-refractivity contribution in [3.8, 4) is 17.4 Å². The lowest BCUT2D eigenvalue weighted by molar-refractivity contribution is -0.145. The second kappa shape index (κ2) is 14.5. The number of allylic oxidation sites excluding steroid dienone is 1. The van der Waals surface area contributed by atoms with Crippen LogP contribution in [0.3, 0.4) is 0 Å². The van der Waals surface area contributed by atoms with E-state index in [1.807, 2.05) is 31.2 Å². The Morgan fingerprint density at radius 1 is 1.04 bits per heavy atom. The number of hydrogen-bond acceptors (Lipinski definition) is 9. The number of alkyl carbamates (subject to hydrolysis) is 1. The summed E-state index contributed by atoms with van der Waals surface area (Å²) in [4.78, 5) is 59.3. The predicted molar refractivity (Wildman–Crippen MR) is 179 cm³/mol. The standard InChI is InChI=1S/C36H46N4O9/c1-21-28(46-2)15-14-26-29(18-30(47-3)38-32(21)26)48-25-17-27-33(42)39-36(34(43)44)19-22(36)10-6-4-5-7-11-23(16-31(41)40(27)20-25)37-35(45)49-24-12-8-9-13-24/h6,10,14-15,18,22-25,27H,4-5,7-9,11-13,16-17,19-20H2,1-3H3,(H,37,45)(H,39,42)(H,43,44)/b10-6-/t22-,23-,25+,27-,36+/m0/s1. The van der Waals surface area contributed by atoms with Crippen molar-refractivity contribution in [2.45, 2.75) is 107 Å². The summed E-state index contributed by atoms with van der Waals surface area (Å²) in [5, 5.41) is 16.6. The first kappa shape index (κ1) is 34.3. The van der Waals surface area contributed by atoms with Gasteiger partial charge in [0, 0.05) is 41.8 Å². The SMILES string of the molecule is COc1cc(O[C@@H]2C[C@H]3C(=O)N[C@]4(C(=O)O)C[C@@H]4/C=C\CCCC[C@H](NC(=O)OC4CCCC4)CC(=O)N3C2)c2ccc(OC)c(C)c2n1. The molecular formula is C36H46N4O9. The number of carboxylic acid groups (broad SMARTS) is 1. The van der Waals surface area contributed by atoms with Crippen molar-refractivity contribution in [3.05, 3.63) is 35.9 Å². The molecule has 2 saturated carbocycles. The van der Waals surface area contributed by atoms with Gasteiger partial charge >= 0.3 is 12.1 Å². The molecule has 2 aliphatic carbocycles. The summed E-state index contributed by atoms with van der Waals surface area (Å²) < 4.78 is 23.1. The molecule has 1 saturated heterocycles. The number of hydrogen-bond donors (Lipinski definition) is 3. The molecule has 5 atom stereocenters. The van der Waals surface area contributed by atoms with Crippen molar-refractivity contribution >= 4 is 34.8 Å². The normalized spacial score (nSPS) is 28.3. The van der Waals surface area contributed by atoms with Crippen LogP contribution in [0.5, 0.6) is 17.4 Å². The van der Waals surface area contributed by atoms with E-state index in [-0.39, 0.29) is 43.7 Å². The summed E-state index contributed by atoms with van der Waals surface area (Å²) in [5.41, 5.74) is 0.0141. The number of ether oxygens (including phenoxy) is 4. The molecule has 2 aliphatic heterocycles. The summed E-state index contributed by atoms with van der Waals surface area (Å²) in [5.74, 6) is -0.867. The van der Waals surface area contributed by atoms with Gasteiger partial charge in [-0.3, -0.25) is 9.59 Å². The number of carbonyl (C=O) groups is 4. The van der Waals surface area contributed by atoms with Crippen LogP contribution in [0, 0.1) is 12.8 Å². The van der Waals surface area contributed by atoms with Gasteiger partial charge in [-0.15, -0.1) is 0 Å². The maximum Gasteiger partial charge on any atom is 0.407 e. The van der Waals surface area contributed by atoms with Gasteiger partial charge in [-0.1, -0.05) is 18.6 Å². The van der Waals surface area contributed by atoms with Crippen molar-refractivity contribution in [3.63, 3.8) is 0 Å². The Bertz CT molecular complexity index is 1620. The third-order valence-corrected chi connectivity index (χ3v) is 10.3. The predicted octanol–water partition coefficient (Wildman–Crippen LogP) is 4.43. The van der Waals surface area contributed by atoms with E-state index in [1.54, 1.807) is 13.2 Å². The van der Waals surface area contributed by atoms with Gasteiger partial charge in [-0.05, 0) is 70.4 Å². The molecule has 3 amide bonds. The number of carboxylic acids is 1. The Hall–Kier alpha value is -4.55. The summed E-state index contributed by atoms with van der Waals surface area (Å²) >= 11 is 0. The molecule has 3 N–H and O–H groups in total. The fraction of sp³-hybridized carbons (Fsp3) is 0.583. The number of carbonyl (C=O) groups excluding carboxylic acids is 3. The minimum atomic E-state index is -1.42. The molecule has 49 heavy (non-hydrogen) atoms. The molecule has 13 heteroatoms. The van der Waals surface area contributed by atoms with Crippen LogP contribution in [0.25, 0.3) is 10.9 Å². The number of nitrogens with zero attached hydrogens (tertiary/aromatic N) is 2. The Kier molecular flexibility index (Phi) is 10.2. The number of amides is 3. The lowest BCUT2D eigenvalue weighted by atomic mass is 10.0. The second-order valence-corrected chi connectivity index (χ2v) is 13.6. The summed E-state index contributed by atoms with van der Waals surface area (Å²) in [6.07, 6.45) is 9.48. The highest BCUT2D eigenvalue weighted by Crippen LogP contribution is 2.45. The zero-order valence-corrected chi connectivity index (χ0v) is 28.4. The fourth-order valence-corrected chi connectivity index (χ4v) is 7.46. The van der Waals surface area contributed by atoms with E-state index < -0.39 is 41.7 Å². The van der Waals surface area contributed by atoms with E-state index >= 15 is 0 Å². The summed E-state index contributed by atoms with van der Waals surface area (Å²) in [6, 6.07) is 3.86. The van der Waals surface area contributed by atoms with Crippen LogP contribution < -0.4 is 24.8 Å². The number of methoxy groups -OCH3 is 2. The van der Waals surface area contributed by atoms with Gasteiger partial charge in [0.15, 0.2) is 0 Å². The van der Waals surface area contributed by atoms with Crippen LogP contribution in [0.4, 0.5) is 4.79 Å². The lowest BCUT2D eigenvalue weighted by Gasteiger charge is -2.27. The number of pyridine rings is 1. The minimum Gasteiger partial charge on any atom is -0.496 e. The van der Waals surface area contributed by atoms with E-state index in [0.29, 0.717) is 34.7 Å². The number of aliphatic carboxylic acids is 1. The average Bonchev–Trinajstić information content (AvgIpc) is 3.36. The van der Waals surface area contributed by atoms with Gasteiger partial charge in [-0.25, -0.2) is 14.6 Å². The maximum absolute atomic E-state index is 14.1. The maximum atomic E-state index is 14.1. The molecule has 1 aromatic carbocycles. The molecule has 0 unspecified atom stereocenters. The largest absolute Gasteiger partial charge is 0.496 e. The van der Waals surface area contributed by atoms with Gasteiger partial charge in [0.25, 0.3) is 0 Å². The first-order valence-electron chi connectivity index (χ1n) is 17.3. The van der Waals surface area contributed by atoms with Gasteiger partial charge in [-0.2, -0.15) is 0 Å². The van der Waals surface area contributed by atoms with E-state index in [2.05, 4.69) is 15.6 Å². The highest BCUT2D eigenvalue weighted by atomic mass is 16.6. The topological polar surface area (TPSA) is 166 Å². The smallest absolute Gasteiger partial charge is 0.407 e. The molecule has 3 heterocycles. The Labute approximate surface area is 285 Å². The zero-order chi connectivity index (χ0) is 34.7. The number of aromatic nitrogens is 1. The Balaban J connectivity index is 1.27. The third kappa shape index (κ3) is 7.40. The van der Waals surface area contributed by atoms with E-state index in [1.165, 1.54) is 12.0 Å². The van der Waals surface area contributed by atoms with Crippen LogP contribution in [0.15, 0.2) is 30.4 Å². The lowest BCUT2D eigenvalue weighted by Crippen LogP contribution is -2.53. The highest BCUT2D eigenvalue weighted by Gasteiger charge is 2.61. The Morgan fingerprint density at radius 2 is 1.82 bits per heavy atom. The van der Waals surface area contributed by atoms with Crippen LogP contribution in [0.1, 0.15) is 76.2 Å². The molecule has 0 radical (unpaired) electrons. The molecule has 0 bridgehead atoms. The molecule has 0 spiro atoms. The molecule has 264 valence electrons. The van der Waals surface area contributed by atoms with E-state index in [9.17, 15) is 24.3 Å². The third-order valence-electron chi connectivity index (χ3n) is 10.3. The van der Waals surface area contributed by atoms with Crippen molar-refractivity contribution < 1.29 is 43.2 Å². The molecule has 1 aromatic heterocycles. The first-order chi connectivity index (χ1) is 23.6. The quantitative estimate of drug-likeness (QED) is 0.357. The van der Waals surface area contributed by atoms with Crippen LogP contribution >= 0.6 is 0 Å².